The predicted octanol–water partition coefficient (Wildman–Crippen LogP) is 1.80. The summed E-state index contributed by atoms with van der Waals surface area (Å²) in [6, 6.07) is 1.67. The van der Waals surface area contributed by atoms with Gasteiger partial charge in [-0.25, -0.2) is 9.59 Å². The molecular weight excluding hydrogens is 424 g/mol. The number of esters is 1. The lowest BCUT2D eigenvalue weighted by molar-refractivity contribution is -0.384. The summed E-state index contributed by atoms with van der Waals surface area (Å²) in [5, 5.41) is 27.0. The highest BCUT2D eigenvalue weighted by Gasteiger charge is 2.34. The minimum atomic E-state index is -1.46. The molecule has 0 saturated heterocycles. The number of benzene rings is 1. The van der Waals surface area contributed by atoms with E-state index in [9.17, 15) is 29.3 Å². The molecule has 1 aliphatic rings. The van der Waals surface area contributed by atoms with Crippen LogP contribution in [0.15, 0.2) is 24.3 Å². The zero-order valence-electron chi connectivity index (χ0n) is 17.5. The highest BCUT2D eigenvalue weighted by atomic mass is 16.6. The number of hydrogen-bond donors (Lipinski definition) is 4. The molecule has 3 amide bonds. The van der Waals surface area contributed by atoms with Crippen LogP contribution in [-0.2, 0) is 19.1 Å². The van der Waals surface area contributed by atoms with Crippen molar-refractivity contribution in [1.29, 1.82) is 0 Å². The van der Waals surface area contributed by atoms with Crippen LogP contribution in [0.1, 0.15) is 38.5 Å². The lowest BCUT2D eigenvalue weighted by atomic mass is 9.83. The Kier molecular flexibility index (Phi) is 8.93. The number of carboxylic acid groups (broad SMARTS) is 1. The second-order valence-corrected chi connectivity index (χ2v) is 7.46. The van der Waals surface area contributed by atoms with Crippen molar-refractivity contribution in [2.24, 2.45) is 5.92 Å². The van der Waals surface area contributed by atoms with Crippen LogP contribution in [0.4, 0.5) is 16.2 Å². The molecule has 4 N–H and O–H groups in total. The molecule has 1 saturated carbocycles. The number of ether oxygens (including phenoxy) is 1. The fraction of sp³-hybridized carbons (Fsp3) is 0.500. The molecule has 1 aromatic carbocycles. The van der Waals surface area contributed by atoms with E-state index in [0.717, 1.165) is 32.1 Å². The Balaban J connectivity index is 2.06. The maximum Gasteiger partial charge on any atom is 0.328 e. The minimum absolute atomic E-state index is 0.139. The molecule has 12 heteroatoms. The Morgan fingerprint density at radius 3 is 2.28 bits per heavy atom. The van der Waals surface area contributed by atoms with Gasteiger partial charge in [-0.05, 0) is 30.9 Å². The molecule has 2 rings (SSSR count). The van der Waals surface area contributed by atoms with E-state index >= 15 is 0 Å². The molecule has 174 valence electrons. The van der Waals surface area contributed by atoms with Crippen LogP contribution in [0.2, 0.25) is 0 Å². The van der Waals surface area contributed by atoms with E-state index in [1.54, 1.807) is 0 Å². The Morgan fingerprint density at radius 2 is 1.75 bits per heavy atom. The maximum absolute atomic E-state index is 12.8. The second kappa shape index (κ2) is 11.6. The summed E-state index contributed by atoms with van der Waals surface area (Å²) < 4.78 is 4.80. The monoisotopic (exact) mass is 450 g/mol. The summed E-state index contributed by atoms with van der Waals surface area (Å²) in [4.78, 5) is 58.6. The number of amides is 3. The first kappa shape index (κ1) is 24.6. The summed E-state index contributed by atoms with van der Waals surface area (Å²) in [7, 11) is 1.20. The number of nitro groups is 1. The van der Waals surface area contributed by atoms with Gasteiger partial charge in [0.2, 0.25) is 5.91 Å². The molecule has 0 aliphatic heterocycles. The minimum Gasteiger partial charge on any atom is -0.481 e. The average Bonchev–Trinajstić information content (AvgIpc) is 2.77. The number of non-ortho nitro benzene ring substituents is 1. The van der Waals surface area contributed by atoms with Crippen molar-refractivity contribution in [2.45, 2.75) is 50.6 Å². The lowest BCUT2D eigenvalue weighted by Gasteiger charge is -2.30. The van der Waals surface area contributed by atoms with Gasteiger partial charge in [0, 0.05) is 17.8 Å². The SMILES string of the molecule is COC(=O)C(NC(=O)C(CC(=O)O)NC(=O)Nc1ccc([N+](=O)[O-])cc1)C1CCCCC1. The first-order valence-electron chi connectivity index (χ1n) is 10.1. The molecule has 0 radical (unpaired) electrons. The van der Waals surface area contributed by atoms with E-state index in [2.05, 4.69) is 16.0 Å². The third-order valence-electron chi connectivity index (χ3n) is 5.21. The number of anilines is 1. The standard InChI is InChI=1S/C20H26N4O8/c1-32-19(28)17(12-5-3-2-4-6-12)23-18(27)15(11-16(25)26)22-20(29)21-13-7-9-14(10-8-13)24(30)31/h7-10,12,15,17H,2-6,11H2,1H3,(H,23,27)(H,25,26)(H2,21,22,29). The molecule has 0 aromatic heterocycles. The smallest absolute Gasteiger partial charge is 0.328 e. The van der Waals surface area contributed by atoms with Gasteiger partial charge in [-0.15, -0.1) is 0 Å². The van der Waals surface area contributed by atoms with Crippen LogP contribution in [0.25, 0.3) is 0 Å². The number of methoxy groups -OCH3 is 1. The quantitative estimate of drug-likeness (QED) is 0.250. The van der Waals surface area contributed by atoms with Crippen LogP contribution in [-0.4, -0.2) is 53.1 Å². The van der Waals surface area contributed by atoms with E-state index < -0.39 is 47.3 Å². The summed E-state index contributed by atoms with van der Waals surface area (Å²) >= 11 is 0. The van der Waals surface area contributed by atoms with Crippen molar-refractivity contribution in [1.82, 2.24) is 10.6 Å². The predicted molar refractivity (Wildman–Crippen MR) is 112 cm³/mol. The molecule has 1 fully saturated rings. The van der Waals surface area contributed by atoms with Gasteiger partial charge in [-0.3, -0.25) is 19.7 Å². The number of carboxylic acids is 1. The third kappa shape index (κ3) is 7.22. The fourth-order valence-corrected chi connectivity index (χ4v) is 3.59. The van der Waals surface area contributed by atoms with Crippen molar-refractivity contribution in [3.8, 4) is 0 Å². The molecule has 2 atom stereocenters. The fourth-order valence-electron chi connectivity index (χ4n) is 3.59. The first-order chi connectivity index (χ1) is 15.2. The number of carbonyl (C=O) groups excluding carboxylic acids is 3. The van der Waals surface area contributed by atoms with Crippen molar-refractivity contribution < 1.29 is 33.9 Å². The Labute approximate surface area is 183 Å². The van der Waals surface area contributed by atoms with Crippen LogP contribution in [0.5, 0.6) is 0 Å². The number of nitro benzene ring substituents is 1. The van der Waals surface area contributed by atoms with Gasteiger partial charge in [-0.2, -0.15) is 0 Å². The van der Waals surface area contributed by atoms with Crippen molar-refractivity contribution in [3.05, 3.63) is 34.4 Å². The van der Waals surface area contributed by atoms with Gasteiger partial charge >= 0.3 is 18.0 Å². The number of hydrogen-bond acceptors (Lipinski definition) is 7. The molecule has 0 heterocycles. The number of rotatable bonds is 9. The lowest BCUT2D eigenvalue weighted by Crippen LogP contribution is -2.55. The maximum atomic E-state index is 12.8. The van der Waals surface area contributed by atoms with E-state index in [0.29, 0.717) is 0 Å². The van der Waals surface area contributed by atoms with Gasteiger partial charge in [0.15, 0.2) is 0 Å². The van der Waals surface area contributed by atoms with Crippen molar-refractivity contribution in [3.63, 3.8) is 0 Å². The largest absolute Gasteiger partial charge is 0.481 e. The highest BCUT2D eigenvalue weighted by Crippen LogP contribution is 2.27. The Morgan fingerprint density at radius 1 is 1.12 bits per heavy atom. The van der Waals surface area contributed by atoms with Crippen LogP contribution in [0, 0.1) is 16.0 Å². The number of nitrogens with one attached hydrogen (secondary N) is 3. The molecule has 0 spiro atoms. The topological polar surface area (TPSA) is 177 Å². The van der Waals surface area contributed by atoms with Crippen LogP contribution < -0.4 is 16.0 Å². The van der Waals surface area contributed by atoms with Crippen LogP contribution >= 0.6 is 0 Å². The van der Waals surface area contributed by atoms with Gasteiger partial charge in [0.1, 0.15) is 12.1 Å². The normalized spacial score (nSPS) is 15.7. The number of urea groups is 1. The molecule has 32 heavy (non-hydrogen) atoms. The summed E-state index contributed by atoms with van der Waals surface area (Å²) in [5.74, 6) is -2.92. The van der Waals surface area contributed by atoms with Gasteiger partial charge < -0.3 is 25.8 Å². The van der Waals surface area contributed by atoms with Crippen LogP contribution in [0.3, 0.4) is 0 Å². The molecule has 1 aromatic rings. The van der Waals surface area contributed by atoms with E-state index in [4.69, 9.17) is 9.84 Å². The molecule has 0 bridgehead atoms. The first-order valence-corrected chi connectivity index (χ1v) is 10.1. The van der Waals surface area contributed by atoms with Crippen molar-refractivity contribution in [2.75, 3.05) is 12.4 Å². The number of aliphatic carboxylic acids is 1. The highest BCUT2D eigenvalue weighted by molar-refractivity contribution is 5.96. The number of carbonyl (C=O) groups is 4. The van der Waals surface area contributed by atoms with Crippen molar-refractivity contribution >= 4 is 35.3 Å². The summed E-state index contributed by atoms with van der Waals surface area (Å²) in [6.45, 7) is 0. The zero-order valence-corrected chi connectivity index (χ0v) is 17.5. The Hall–Kier alpha value is -3.70. The van der Waals surface area contributed by atoms with Gasteiger partial charge in [-0.1, -0.05) is 19.3 Å². The van der Waals surface area contributed by atoms with E-state index in [1.807, 2.05) is 0 Å². The Bertz CT molecular complexity index is 852. The third-order valence-corrected chi connectivity index (χ3v) is 5.21. The average molecular weight is 450 g/mol. The summed E-state index contributed by atoms with van der Waals surface area (Å²) in [5.41, 5.74) is 0.0351. The molecule has 12 nitrogen and oxygen atoms in total. The van der Waals surface area contributed by atoms with Gasteiger partial charge in [0.25, 0.3) is 5.69 Å². The molecule has 2 unspecified atom stereocenters. The number of nitrogens with zero attached hydrogens (tertiary/aromatic N) is 1. The second-order valence-electron chi connectivity index (χ2n) is 7.46. The van der Waals surface area contributed by atoms with Gasteiger partial charge in [0.05, 0.1) is 18.5 Å². The van der Waals surface area contributed by atoms with E-state index in [-0.39, 0.29) is 17.3 Å². The molecule has 1 aliphatic carbocycles. The summed E-state index contributed by atoms with van der Waals surface area (Å²) in [6.07, 6.45) is 3.57. The van der Waals surface area contributed by atoms with E-state index in [1.165, 1.54) is 31.4 Å². The molecular formula is C20H26N4O8. The zero-order chi connectivity index (χ0) is 23.7.